The van der Waals surface area contributed by atoms with Crippen molar-refractivity contribution in [2.45, 2.75) is 13.8 Å². The summed E-state index contributed by atoms with van der Waals surface area (Å²) < 4.78 is 10.2. The lowest BCUT2D eigenvalue weighted by molar-refractivity contribution is -0.149. The van der Waals surface area contributed by atoms with Crippen LogP contribution in [-0.2, 0) is 14.3 Å². The molecule has 0 saturated heterocycles. The summed E-state index contributed by atoms with van der Waals surface area (Å²) in [5.41, 5.74) is 2.46. The molecule has 2 aromatic rings. The van der Waals surface area contributed by atoms with E-state index >= 15 is 0 Å². The van der Waals surface area contributed by atoms with Crippen molar-refractivity contribution in [3.8, 4) is 5.75 Å². The second-order valence-electron chi connectivity index (χ2n) is 5.34. The Hall–Kier alpha value is -2.24. The Kier molecular flexibility index (Phi) is 6.67. The minimum atomic E-state index is -0.654. The van der Waals surface area contributed by atoms with Crippen LogP contribution in [-0.4, -0.2) is 25.1 Å². The van der Waals surface area contributed by atoms with Gasteiger partial charge in [-0.2, -0.15) is 0 Å². The number of carbonyl (C=O) groups is 2. The Morgan fingerprint density at radius 2 is 1.68 bits per heavy atom. The Labute approximate surface area is 155 Å². The summed E-state index contributed by atoms with van der Waals surface area (Å²) in [5, 5.41) is 3.09. The van der Waals surface area contributed by atoms with E-state index in [1.54, 1.807) is 24.3 Å². The first-order valence-corrected chi connectivity index (χ1v) is 8.22. The molecule has 0 radical (unpaired) electrons. The smallest absolute Gasteiger partial charge is 0.344 e. The van der Waals surface area contributed by atoms with Gasteiger partial charge in [-0.15, -0.1) is 0 Å². The van der Waals surface area contributed by atoms with E-state index in [0.29, 0.717) is 15.8 Å². The van der Waals surface area contributed by atoms with Crippen molar-refractivity contribution >= 4 is 40.8 Å². The van der Waals surface area contributed by atoms with Crippen LogP contribution in [0.4, 0.5) is 5.69 Å². The van der Waals surface area contributed by atoms with Crippen molar-refractivity contribution in [3.05, 3.63) is 57.6 Å². The fourth-order valence-corrected chi connectivity index (χ4v) is 2.42. The summed E-state index contributed by atoms with van der Waals surface area (Å²) in [7, 11) is 0. The molecule has 0 aromatic heterocycles. The minimum absolute atomic E-state index is 0.276. The molecule has 2 rings (SSSR count). The number of hydrogen-bond acceptors (Lipinski definition) is 4. The molecule has 0 aliphatic carbocycles. The second-order valence-corrected chi connectivity index (χ2v) is 6.15. The molecule has 132 valence electrons. The fourth-order valence-electron chi connectivity index (χ4n) is 1.93. The maximum atomic E-state index is 11.8. The summed E-state index contributed by atoms with van der Waals surface area (Å²) >= 11 is 11.9. The Morgan fingerprint density at radius 1 is 1.00 bits per heavy atom. The number of ether oxygens (including phenoxy) is 2. The normalized spacial score (nSPS) is 10.2. The van der Waals surface area contributed by atoms with Crippen molar-refractivity contribution in [1.29, 1.82) is 0 Å². The first kappa shape index (κ1) is 19.1. The predicted octanol–water partition coefficient (Wildman–Crippen LogP) is 4.17. The van der Waals surface area contributed by atoms with Crippen molar-refractivity contribution in [2.75, 3.05) is 18.5 Å². The summed E-state index contributed by atoms with van der Waals surface area (Å²) in [4.78, 5) is 23.5. The van der Waals surface area contributed by atoms with Gasteiger partial charge in [0.2, 0.25) is 0 Å². The van der Waals surface area contributed by atoms with Gasteiger partial charge in [0, 0.05) is 0 Å². The van der Waals surface area contributed by atoms with E-state index in [9.17, 15) is 9.59 Å². The lowest BCUT2D eigenvalue weighted by Gasteiger charge is -2.10. The molecule has 0 fully saturated rings. The fraction of sp³-hybridized carbons (Fsp3) is 0.222. The molecule has 0 heterocycles. The molecule has 1 N–H and O–H groups in total. The van der Waals surface area contributed by atoms with Crippen molar-refractivity contribution in [2.24, 2.45) is 0 Å². The van der Waals surface area contributed by atoms with Crippen LogP contribution in [0.15, 0.2) is 36.4 Å². The number of halogens is 2. The molecule has 0 aliphatic rings. The lowest BCUT2D eigenvalue weighted by atomic mass is 10.1. The van der Waals surface area contributed by atoms with Gasteiger partial charge in [0.25, 0.3) is 5.91 Å². The summed E-state index contributed by atoms with van der Waals surface area (Å²) in [6.45, 7) is 3.18. The Morgan fingerprint density at radius 3 is 2.32 bits per heavy atom. The average Bonchev–Trinajstić information content (AvgIpc) is 2.57. The summed E-state index contributed by atoms with van der Waals surface area (Å²) in [6, 6.07) is 10.3. The van der Waals surface area contributed by atoms with E-state index in [0.717, 1.165) is 11.1 Å². The minimum Gasteiger partial charge on any atom is -0.482 e. The maximum Gasteiger partial charge on any atom is 0.344 e. The number of rotatable bonds is 6. The van der Waals surface area contributed by atoms with Crippen LogP contribution in [0.5, 0.6) is 5.75 Å². The Balaban J connectivity index is 1.79. The molecule has 0 aliphatic heterocycles. The van der Waals surface area contributed by atoms with Gasteiger partial charge in [-0.05, 0) is 49.2 Å². The van der Waals surface area contributed by atoms with Crippen molar-refractivity contribution in [1.82, 2.24) is 0 Å². The highest BCUT2D eigenvalue weighted by Gasteiger charge is 2.12. The number of para-hydroxylation sites is 1. The molecule has 0 saturated carbocycles. The van der Waals surface area contributed by atoms with Gasteiger partial charge < -0.3 is 14.8 Å². The molecule has 2 aromatic carbocycles. The highest BCUT2D eigenvalue weighted by atomic mass is 35.5. The second kappa shape index (κ2) is 8.74. The molecule has 0 unspecified atom stereocenters. The molecule has 0 spiro atoms. The molecule has 0 atom stereocenters. The number of benzene rings is 2. The lowest BCUT2D eigenvalue weighted by Crippen LogP contribution is -2.24. The standard InChI is InChI=1S/C18H17Cl2NO4/c1-11-6-7-13(8-12(11)2)24-10-17(23)25-9-16(22)21-18-14(19)4-3-5-15(18)20/h3-8H,9-10H2,1-2H3,(H,21,22). The van der Waals surface area contributed by atoms with Crippen LogP contribution < -0.4 is 10.1 Å². The van der Waals surface area contributed by atoms with Gasteiger partial charge in [0.1, 0.15) is 5.75 Å². The molecule has 25 heavy (non-hydrogen) atoms. The predicted molar refractivity (Wildman–Crippen MR) is 97.5 cm³/mol. The number of esters is 1. The van der Waals surface area contributed by atoms with Gasteiger partial charge in [-0.25, -0.2) is 4.79 Å². The van der Waals surface area contributed by atoms with Crippen LogP contribution in [0.25, 0.3) is 0 Å². The molecular formula is C18H17Cl2NO4. The number of nitrogens with one attached hydrogen (secondary N) is 1. The maximum absolute atomic E-state index is 11.8. The van der Waals surface area contributed by atoms with Gasteiger partial charge in [-0.3, -0.25) is 4.79 Å². The quantitative estimate of drug-likeness (QED) is 0.762. The number of hydrogen-bond donors (Lipinski definition) is 1. The van der Waals surface area contributed by atoms with E-state index < -0.39 is 18.5 Å². The summed E-state index contributed by atoms with van der Waals surface area (Å²) in [6.07, 6.45) is 0. The van der Waals surface area contributed by atoms with E-state index in [-0.39, 0.29) is 12.3 Å². The number of anilines is 1. The van der Waals surface area contributed by atoms with E-state index in [1.807, 2.05) is 26.0 Å². The van der Waals surface area contributed by atoms with E-state index in [1.165, 1.54) is 0 Å². The molecular weight excluding hydrogens is 365 g/mol. The van der Waals surface area contributed by atoms with Crippen molar-refractivity contribution < 1.29 is 19.1 Å². The molecule has 0 bridgehead atoms. The highest BCUT2D eigenvalue weighted by molar-refractivity contribution is 6.39. The van der Waals surface area contributed by atoms with Gasteiger partial charge in [0.05, 0.1) is 15.7 Å². The van der Waals surface area contributed by atoms with E-state index in [4.69, 9.17) is 32.7 Å². The number of amides is 1. The van der Waals surface area contributed by atoms with Crippen LogP contribution in [0.3, 0.4) is 0 Å². The van der Waals surface area contributed by atoms with E-state index in [2.05, 4.69) is 5.32 Å². The molecule has 1 amide bonds. The average molecular weight is 382 g/mol. The van der Waals surface area contributed by atoms with Gasteiger partial charge >= 0.3 is 5.97 Å². The van der Waals surface area contributed by atoms with Crippen LogP contribution in [0.1, 0.15) is 11.1 Å². The zero-order chi connectivity index (χ0) is 18.4. The van der Waals surface area contributed by atoms with Crippen LogP contribution in [0.2, 0.25) is 10.0 Å². The first-order valence-electron chi connectivity index (χ1n) is 7.46. The van der Waals surface area contributed by atoms with Crippen molar-refractivity contribution in [3.63, 3.8) is 0 Å². The van der Waals surface area contributed by atoms with Crippen LogP contribution in [0, 0.1) is 13.8 Å². The molecule has 5 nitrogen and oxygen atoms in total. The summed E-state index contributed by atoms with van der Waals surface area (Å²) in [5.74, 6) is -0.638. The number of carbonyl (C=O) groups excluding carboxylic acids is 2. The largest absolute Gasteiger partial charge is 0.482 e. The van der Waals surface area contributed by atoms with Gasteiger partial charge in [-0.1, -0.05) is 35.3 Å². The van der Waals surface area contributed by atoms with Gasteiger partial charge in [0.15, 0.2) is 13.2 Å². The third kappa shape index (κ3) is 5.66. The van der Waals surface area contributed by atoms with Crippen LogP contribution >= 0.6 is 23.2 Å². The monoisotopic (exact) mass is 381 g/mol. The zero-order valence-electron chi connectivity index (χ0n) is 13.8. The third-order valence-electron chi connectivity index (χ3n) is 3.43. The highest BCUT2D eigenvalue weighted by Crippen LogP contribution is 2.29. The number of aryl methyl sites for hydroxylation is 2. The third-order valence-corrected chi connectivity index (χ3v) is 4.06. The molecule has 7 heteroatoms. The zero-order valence-corrected chi connectivity index (χ0v) is 15.3. The SMILES string of the molecule is Cc1ccc(OCC(=O)OCC(=O)Nc2c(Cl)cccc2Cl)cc1C. The Bertz CT molecular complexity index is 772. The topological polar surface area (TPSA) is 64.6 Å². The first-order chi connectivity index (χ1) is 11.9.